The summed E-state index contributed by atoms with van der Waals surface area (Å²) >= 11 is 0. The zero-order valence-corrected chi connectivity index (χ0v) is 13.8. The number of likely N-dealkylation sites (tertiary alicyclic amines) is 1. The second-order valence-electron chi connectivity index (χ2n) is 7.09. The predicted molar refractivity (Wildman–Crippen MR) is 90.4 cm³/mol. The molecule has 1 aliphatic heterocycles. The summed E-state index contributed by atoms with van der Waals surface area (Å²) < 4.78 is 18.7. The largest absolute Gasteiger partial charge is 0.451 e. The van der Waals surface area contributed by atoms with E-state index in [1.807, 2.05) is 0 Å². The Bertz CT molecular complexity index is 736. The van der Waals surface area contributed by atoms with Crippen LogP contribution in [0.2, 0.25) is 0 Å². The highest BCUT2D eigenvalue weighted by Crippen LogP contribution is 2.28. The number of nitrogens with zero attached hydrogens (tertiary/aromatic N) is 1. The number of hydrogen-bond acceptors (Lipinski definition) is 3. The van der Waals surface area contributed by atoms with E-state index in [1.54, 1.807) is 12.1 Å². The molecule has 4 rings (SSSR count). The molecule has 128 valence electrons. The molecule has 5 heteroatoms. The Morgan fingerprint density at radius 2 is 2.08 bits per heavy atom. The number of hydrogen-bond donors (Lipinski definition) is 1. The number of furan rings is 1. The summed E-state index contributed by atoms with van der Waals surface area (Å²) in [4.78, 5) is 14.9. The van der Waals surface area contributed by atoms with Gasteiger partial charge in [-0.3, -0.25) is 4.79 Å². The minimum Gasteiger partial charge on any atom is -0.451 e. The molecular formula is C19H23FN2O2. The summed E-state index contributed by atoms with van der Waals surface area (Å²) in [6.07, 6.45) is 6.51. The fourth-order valence-electron chi connectivity index (χ4n) is 4.08. The van der Waals surface area contributed by atoms with Gasteiger partial charge in [0.15, 0.2) is 5.76 Å². The molecular weight excluding hydrogens is 307 g/mol. The van der Waals surface area contributed by atoms with Crippen LogP contribution in [0.15, 0.2) is 28.7 Å². The Labute approximate surface area is 141 Å². The van der Waals surface area contributed by atoms with Gasteiger partial charge in [0.2, 0.25) is 0 Å². The van der Waals surface area contributed by atoms with E-state index >= 15 is 0 Å². The Kier molecular flexibility index (Phi) is 4.27. The lowest BCUT2D eigenvalue weighted by Crippen LogP contribution is -2.34. The molecule has 4 nitrogen and oxygen atoms in total. The summed E-state index contributed by atoms with van der Waals surface area (Å²) in [5.41, 5.74) is 0.537. The number of benzene rings is 1. The van der Waals surface area contributed by atoms with Crippen molar-refractivity contribution in [3.8, 4) is 0 Å². The van der Waals surface area contributed by atoms with Gasteiger partial charge >= 0.3 is 0 Å². The van der Waals surface area contributed by atoms with E-state index in [4.69, 9.17) is 4.42 Å². The maximum atomic E-state index is 13.2. The summed E-state index contributed by atoms with van der Waals surface area (Å²) in [6.45, 7) is 2.90. The van der Waals surface area contributed by atoms with Crippen molar-refractivity contribution >= 4 is 16.9 Å². The topological polar surface area (TPSA) is 45.5 Å². The van der Waals surface area contributed by atoms with Gasteiger partial charge in [0.25, 0.3) is 5.91 Å². The molecule has 1 saturated carbocycles. The molecule has 1 saturated heterocycles. The molecule has 2 fully saturated rings. The normalized spacial score (nSPS) is 22.5. The number of rotatable bonds is 4. The molecule has 0 spiro atoms. The molecule has 1 aromatic carbocycles. The van der Waals surface area contributed by atoms with E-state index in [9.17, 15) is 9.18 Å². The van der Waals surface area contributed by atoms with E-state index in [1.165, 1.54) is 37.8 Å². The molecule has 2 aromatic rings. The molecule has 2 aliphatic rings. The van der Waals surface area contributed by atoms with Crippen LogP contribution >= 0.6 is 0 Å². The Morgan fingerprint density at radius 1 is 1.25 bits per heavy atom. The number of carbonyl (C=O) groups excluding carboxylic acids is 1. The lowest BCUT2D eigenvalue weighted by atomic mass is 10.1. The first-order valence-corrected chi connectivity index (χ1v) is 8.90. The maximum Gasteiger partial charge on any atom is 0.287 e. The molecule has 2 heterocycles. The minimum atomic E-state index is -0.326. The van der Waals surface area contributed by atoms with E-state index in [0.29, 0.717) is 23.4 Å². The van der Waals surface area contributed by atoms with Gasteiger partial charge in [-0.25, -0.2) is 4.39 Å². The predicted octanol–water partition coefficient (Wildman–Crippen LogP) is 3.57. The molecule has 1 aliphatic carbocycles. The van der Waals surface area contributed by atoms with Crippen LogP contribution < -0.4 is 5.32 Å². The van der Waals surface area contributed by atoms with E-state index in [2.05, 4.69) is 10.2 Å². The van der Waals surface area contributed by atoms with Gasteiger partial charge in [-0.05, 0) is 56.0 Å². The first kappa shape index (κ1) is 15.6. The smallest absolute Gasteiger partial charge is 0.287 e. The first-order chi connectivity index (χ1) is 11.7. The van der Waals surface area contributed by atoms with E-state index in [-0.39, 0.29) is 17.5 Å². The third-order valence-electron chi connectivity index (χ3n) is 5.41. The van der Waals surface area contributed by atoms with Crippen molar-refractivity contribution in [1.29, 1.82) is 0 Å². The van der Waals surface area contributed by atoms with Gasteiger partial charge in [0.1, 0.15) is 11.4 Å². The number of fused-ring (bicyclic) bond motifs is 1. The quantitative estimate of drug-likeness (QED) is 0.932. The second-order valence-corrected chi connectivity index (χ2v) is 7.09. The molecule has 24 heavy (non-hydrogen) atoms. The van der Waals surface area contributed by atoms with Crippen molar-refractivity contribution in [2.75, 3.05) is 19.6 Å². The lowest BCUT2D eigenvalue weighted by Gasteiger charge is -2.23. The highest BCUT2D eigenvalue weighted by Gasteiger charge is 2.30. The summed E-state index contributed by atoms with van der Waals surface area (Å²) in [5, 5.41) is 3.59. The first-order valence-electron chi connectivity index (χ1n) is 8.90. The fourth-order valence-corrected chi connectivity index (χ4v) is 4.08. The van der Waals surface area contributed by atoms with Crippen LogP contribution in [0.3, 0.4) is 0 Å². The zero-order chi connectivity index (χ0) is 16.5. The van der Waals surface area contributed by atoms with Crippen LogP contribution in [0, 0.1) is 11.7 Å². The van der Waals surface area contributed by atoms with Crippen molar-refractivity contribution in [1.82, 2.24) is 10.2 Å². The Balaban J connectivity index is 1.32. The average molecular weight is 330 g/mol. The summed E-state index contributed by atoms with van der Waals surface area (Å²) in [5.74, 6) is 0.219. The SMILES string of the molecule is O=C(NC[C@@H]1CCN(C2CCCC2)C1)c1cc2cc(F)ccc2o1. The summed E-state index contributed by atoms with van der Waals surface area (Å²) in [7, 11) is 0. The number of carbonyl (C=O) groups is 1. The van der Waals surface area contributed by atoms with Crippen LogP contribution in [0.5, 0.6) is 0 Å². The molecule has 1 N–H and O–H groups in total. The molecule has 1 atom stereocenters. The maximum absolute atomic E-state index is 13.2. The highest BCUT2D eigenvalue weighted by atomic mass is 19.1. The Morgan fingerprint density at radius 3 is 2.92 bits per heavy atom. The van der Waals surface area contributed by atoms with Gasteiger partial charge in [-0.15, -0.1) is 0 Å². The molecule has 0 unspecified atom stereocenters. The van der Waals surface area contributed by atoms with Crippen molar-refractivity contribution < 1.29 is 13.6 Å². The van der Waals surface area contributed by atoms with Crippen LogP contribution in [0.4, 0.5) is 4.39 Å². The van der Waals surface area contributed by atoms with Crippen LogP contribution in [0.25, 0.3) is 11.0 Å². The van der Waals surface area contributed by atoms with Gasteiger partial charge in [0, 0.05) is 24.5 Å². The molecule has 0 radical (unpaired) electrons. The molecule has 1 amide bonds. The number of amides is 1. The fraction of sp³-hybridized carbons (Fsp3) is 0.526. The van der Waals surface area contributed by atoms with Crippen molar-refractivity contribution in [3.63, 3.8) is 0 Å². The standard InChI is InChI=1S/C19H23FN2O2/c20-15-5-6-17-14(9-15)10-18(24-17)19(23)21-11-13-7-8-22(12-13)16-3-1-2-4-16/h5-6,9-10,13,16H,1-4,7-8,11-12H2,(H,21,23)/t13-/m0/s1. The number of halogens is 1. The van der Waals surface area contributed by atoms with Crippen molar-refractivity contribution in [3.05, 3.63) is 35.8 Å². The van der Waals surface area contributed by atoms with E-state index < -0.39 is 0 Å². The van der Waals surface area contributed by atoms with Gasteiger partial charge in [-0.2, -0.15) is 0 Å². The van der Waals surface area contributed by atoms with Crippen molar-refractivity contribution in [2.24, 2.45) is 5.92 Å². The Hall–Kier alpha value is -1.88. The van der Waals surface area contributed by atoms with Crippen LogP contribution in [-0.4, -0.2) is 36.5 Å². The third kappa shape index (κ3) is 3.18. The number of nitrogens with one attached hydrogen (secondary N) is 1. The minimum absolute atomic E-state index is 0.217. The highest BCUT2D eigenvalue weighted by molar-refractivity contribution is 5.96. The molecule has 0 bridgehead atoms. The molecule has 1 aromatic heterocycles. The third-order valence-corrected chi connectivity index (χ3v) is 5.41. The lowest BCUT2D eigenvalue weighted by molar-refractivity contribution is 0.0921. The second kappa shape index (κ2) is 6.55. The van der Waals surface area contributed by atoms with Gasteiger partial charge in [0.05, 0.1) is 0 Å². The summed E-state index contributed by atoms with van der Waals surface area (Å²) in [6, 6.07) is 6.64. The van der Waals surface area contributed by atoms with Gasteiger partial charge in [-0.1, -0.05) is 12.8 Å². The van der Waals surface area contributed by atoms with Crippen molar-refractivity contribution in [2.45, 2.75) is 38.1 Å². The van der Waals surface area contributed by atoms with Crippen LogP contribution in [-0.2, 0) is 0 Å². The zero-order valence-electron chi connectivity index (χ0n) is 13.8. The van der Waals surface area contributed by atoms with Crippen LogP contribution in [0.1, 0.15) is 42.7 Å². The van der Waals surface area contributed by atoms with E-state index in [0.717, 1.165) is 25.6 Å². The van der Waals surface area contributed by atoms with Gasteiger partial charge < -0.3 is 14.6 Å². The average Bonchev–Trinajstić information content (AvgIpc) is 3.30. The monoisotopic (exact) mass is 330 g/mol.